The Kier molecular flexibility index (Phi) is 6.24. The standard InChI is InChI=1S/C21H24BrN3O3/c1-21(2,3)28-20(26)25-16(13-27-17-9-15(22)11-23-12-17)8-14-10-24-19-7-5-4-6-18(14)19/h4-7,9-12,16,24H,8,13H2,1-3H3,(H,25,26)/t16-/m1/s1. The Hall–Kier alpha value is -2.54. The third kappa shape index (κ3) is 5.73. The molecule has 0 spiro atoms. The maximum atomic E-state index is 12.3. The van der Waals surface area contributed by atoms with E-state index >= 15 is 0 Å². The second-order valence-corrected chi connectivity index (χ2v) is 8.47. The number of halogens is 1. The number of nitrogens with zero attached hydrogens (tertiary/aromatic N) is 1. The van der Waals surface area contributed by atoms with Gasteiger partial charge in [0.1, 0.15) is 18.0 Å². The van der Waals surface area contributed by atoms with Crippen molar-refractivity contribution in [2.45, 2.75) is 38.8 Å². The van der Waals surface area contributed by atoms with Crippen LogP contribution in [0, 0.1) is 0 Å². The minimum atomic E-state index is -0.565. The minimum absolute atomic E-state index is 0.270. The highest BCUT2D eigenvalue weighted by molar-refractivity contribution is 9.10. The van der Waals surface area contributed by atoms with Crippen LogP contribution in [0.25, 0.3) is 10.9 Å². The molecule has 0 unspecified atom stereocenters. The van der Waals surface area contributed by atoms with E-state index < -0.39 is 11.7 Å². The van der Waals surface area contributed by atoms with Gasteiger partial charge in [0.05, 0.1) is 12.2 Å². The van der Waals surface area contributed by atoms with Crippen molar-refractivity contribution in [3.05, 3.63) is 59.0 Å². The number of fused-ring (bicyclic) bond motifs is 1. The van der Waals surface area contributed by atoms with Gasteiger partial charge in [-0.05, 0) is 60.8 Å². The number of nitrogens with one attached hydrogen (secondary N) is 2. The molecule has 1 amide bonds. The van der Waals surface area contributed by atoms with Gasteiger partial charge in [0.15, 0.2) is 0 Å². The average molecular weight is 446 g/mol. The molecule has 28 heavy (non-hydrogen) atoms. The van der Waals surface area contributed by atoms with Crippen molar-refractivity contribution in [3.63, 3.8) is 0 Å². The van der Waals surface area contributed by atoms with Gasteiger partial charge in [-0.15, -0.1) is 0 Å². The van der Waals surface area contributed by atoms with E-state index in [0.717, 1.165) is 20.9 Å². The number of H-pyrrole nitrogens is 1. The summed E-state index contributed by atoms with van der Waals surface area (Å²) in [6.45, 7) is 5.80. The van der Waals surface area contributed by atoms with Crippen LogP contribution < -0.4 is 10.1 Å². The van der Waals surface area contributed by atoms with E-state index in [1.165, 1.54) is 0 Å². The fraction of sp³-hybridized carbons (Fsp3) is 0.333. The summed E-state index contributed by atoms with van der Waals surface area (Å²) in [5.41, 5.74) is 1.60. The van der Waals surface area contributed by atoms with E-state index in [4.69, 9.17) is 9.47 Å². The van der Waals surface area contributed by atoms with Crippen molar-refractivity contribution in [3.8, 4) is 5.75 Å². The van der Waals surface area contributed by atoms with Crippen molar-refractivity contribution in [1.29, 1.82) is 0 Å². The van der Waals surface area contributed by atoms with E-state index in [9.17, 15) is 4.79 Å². The number of amides is 1. The minimum Gasteiger partial charge on any atom is -0.490 e. The molecule has 0 bridgehead atoms. The van der Waals surface area contributed by atoms with Gasteiger partial charge in [0, 0.05) is 27.8 Å². The number of ether oxygens (including phenoxy) is 2. The van der Waals surface area contributed by atoms with Crippen LogP contribution in [0.1, 0.15) is 26.3 Å². The Bertz CT molecular complexity index is 949. The topological polar surface area (TPSA) is 76.2 Å². The maximum absolute atomic E-state index is 12.3. The highest BCUT2D eigenvalue weighted by atomic mass is 79.9. The third-order valence-corrected chi connectivity index (χ3v) is 4.43. The molecule has 2 heterocycles. The van der Waals surface area contributed by atoms with Gasteiger partial charge in [-0.2, -0.15) is 0 Å². The summed E-state index contributed by atoms with van der Waals surface area (Å²) in [6, 6.07) is 9.64. The molecule has 148 valence electrons. The molecular formula is C21H24BrN3O3. The molecule has 3 aromatic rings. The number of aromatic amines is 1. The van der Waals surface area contributed by atoms with Crippen LogP contribution in [0.3, 0.4) is 0 Å². The molecule has 1 aromatic carbocycles. The van der Waals surface area contributed by atoms with Crippen LogP contribution in [0.2, 0.25) is 0 Å². The van der Waals surface area contributed by atoms with Gasteiger partial charge in [-0.3, -0.25) is 4.98 Å². The molecule has 0 radical (unpaired) electrons. The molecule has 0 saturated heterocycles. The van der Waals surface area contributed by atoms with Gasteiger partial charge >= 0.3 is 6.09 Å². The third-order valence-electron chi connectivity index (χ3n) is 3.99. The van der Waals surface area contributed by atoms with Gasteiger partial charge < -0.3 is 19.8 Å². The summed E-state index contributed by atoms with van der Waals surface area (Å²) >= 11 is 3.38. The smallest absolute Gasteiger partial charge is 0.408 e. The van der Waals surface area contributed by atoms with Gasteiger partial charge in [-0.1, -0.05) is 18.2 Å². The molecule has 0 fully saturated rings. The molecule has 0 aliphatic heterocycles. The summed E-state index contributed by atoms with van der Waals surface area (Å²) in [4.78, 5) is 19.7. The Labute approximate surface area is 172 Å². The SMILES string of the molecule is CC(C)(C)OC(=O)N[C@@H](COc1cncc(Br)c1)Cc1c[nH]c2ccccc12. The Morgan fingerprint density at radius 3 is 2.82 bits per heavy atom. The second-order valence-electron chi connectivity index (χ2n) is 7.56. The lowest BCUT2D eigenvalue weighted by Gasteiger charge is -2.24. The highest BCUT2D eigenvalue weighted by Gasteiger charge is 2.21. The van der Waals surface area contributed by atoms with Crippen LogP contribution in [0.4, 0.5) is 4.79 Å². The van der Waals surface area contributed by atoms with E-state index in [1.807, 2.05) is 51.2 Å². The fourth-order valence-corrected chi connectivity index (χ4v) is 3.20. The molecule has 2 aromatic heterocycles. The number of hydrogen-bond donors (Lipinski definition) is 2. The van der Waals surface area contributed by atoms with Crippen LogP contribution in [0.5, 0.6) is 5.75 Å². The Morgan fingerprint density at radius 2 is 2.07 bits per heavy atom. The largest absolute Gasteiger partial charge is 0.490 e. The predicted octanol–water partition coefficient (Wildman–Crippen LogP) is 4.84. The highest BCUT2D eigenvalue weighted by Crippen LogP contribution is 2.20. The normalized spacial score (nSPS) is 12.6. The van der Waals surface area contributed by atoms with E-state index in [0.29, 0.717) is 12.2 Å². The summed E-state index contributed by atoms with van der Waals surface area (Å²) in [5, 5.41) is 4.06. The Balaban J connectivity index is 1.74. The van der Waals surface area contributed by atoms with E-state index in [2.05, 4.69) is 37.3 Å². The first-order valence-corrected chi connectivity index (χ1v) is 9.87. The molecule has 0 aliphatic rings. The molecule has 7 heteroatoms. The predicted molar refractivity (Wildman–Crippen MR) is 113 cm³/mol. The van der Waals surface area contributed by atoms with Crippen LogP contribution in [-0.4, -0.2) is 34.3 Å². The first-order valence-electron chi connectivity index (χ1n) is 9.08. The monoisotopic (exact) mass is 445 g/mol. The molecule has 2 N–H and O–H groups in total. The number of benzene rings is 1. The first kappa shape index (κ1) is 20.2. The van der Waals surface area contributed by atoms with Crippen molar-refractivity contribution in [2.24, 2.45) is 0 Å². The van der Waals surface area contributed by atoms with Crippen LogP contribution in [0.15, 0.2) is 53.4 Å². The molecular weight excluding hydrogens is 422 g/mol. The second kappa shape index (κ2) is 8.65. The number of hydrogen-bond acceptors (Lipinski definition) is 4. The summed E-state index contributed by atoms with van der Waals surface area (Å²) in [5.74, 6) is 0.629. The number of alkyl carbamates (subject to hydrolysis) is 1. The van der Waals surface area contributed by atoms with Crippen LogP contribution >= 0.6 is 15.9 Å². The maximum Gasteiger partial charge on any atom is 0.408 e. The zero-order chi connectivity index (χ0) is 20.1. The number of rotatable bonds is 6. The molecule has 0 saturated carbocycles. The van der Waals surface area contributed by atoms with Gasteiger partial charge in [0.2, 0.25) is 0 Å². The molecule has 1 atom stereocenters. The van der Waals surface area contributed by atoms with Gasteiger partial charge in [0.25, 0.3) is 0 Å². The molecule has 0 aliphatic carbocycles. The van der Waals surface area contributed by atoms with Crippen molar-refractivity contribution < 1.29 is 14.3 Å². The lowest BCUT2D eigenvalue weighted by atomic mass is 10.1. The summed E-state index contributed by atoms with van der Waals surface area (Å²) in [6.07, 6.45) is 5.43. The van der Waals surface area contributed by atoms with Crippen molar-refractivity contribution >= 4 is 32.9 Å². The van der Waals surface area contributed by atoms with Crippen molar-refractivity contribution in [2.75, 3.05) is 6.61 Å². The van der Waals surface area contributed by atoms with E-state index in [1.54, 1.807) is 12.4 Å². The number of para-hydroxylation sites is 1. The summed E-state index contributed by atoms with van der Waals surface area (Å²) in [7, 11) is 0. The van der Waals surface area contributed by atoms with E-state index in [-0.39, 0.29) is 12.6 Å². The molecule has 3 rings (SSSR count). The first-order chi connectivity index (χ1) is 13.3. The zero-order valence-corrected chi connectivity index (χ0v) is 17.7. The van der Waals surface area contributed by atoms with Crippen LogP contribution in [-0.2, 0) is 11.2 Å². The quantitative estimate of drug-likeness (QED) is 0.568. The lowest BCUT2D eigenvalue weighted by molar-refractivity contribution is 0.0488. The number of carbonyl (C=O) groups excluding carboxylic acids is 1. The number of aromatic nitrogens is 2. The Morgan fingerprint density at radius 1 is 1.29 bits per heavy atom. The fourth-order valence-electron chi connectivity index (χ4n) is 2.86. The zero-order valence-electron chi connectivity index (χ0n) is 16.2. The van der Waals surface area contributed by atoms with Crippen molar-refractivity contribution in [1.82, 2.24) is 15.3 Å². The molecule has 6 nitrogen and oxygen atoms in total. The number of pyridine rings is 1. The lowest BCUT2D eigenvalue weighted by Crippen LogP contribution is -2.43. The number of carbonyl (C=O) groups is 1. The summed E-state index contributed by atoms with van der Waals surface area (Å²) < 4.78 is 12.1. The average Bonchev–Trinajstić information content (AvgIpc) is 3.01. The van der Waals surface area contributed by atoms with Gasteiger partial charge in [-0.25, -0.2) is 4.79 Å².